The van der Waals surface area contributed by atoms with E-state index >= 15 is 0 Å². The van der Waals surface area contributed by atoms with Gasteiger partial charge in [0.2, 0.25) is 0 Å². The molecule has 0 bridgehead atoms. The lowest BCUT2D eigenvalue weighted by atomic mass is 10.0. The molecular weight excluding hydrogens is 332 g/mol. The highest BCUT2D eigenvalue weighted by Gasteiger charge is 2.16. The van der Waals surface area contributed by atoms with E-state index in [2.05, 4.69) is 22.4 Å². The van der Waals surface area contributed by atoms with Gasteiger partial charge in [-0.25, -0.2) is 0 Å². The minimum Gasteiger partial charge on any atom is -0.268 e. The summed E-state index contributed by atoms with van der Waals surface area (Å²) in [7, 11) is -3.63. The van der Waals surface area contributed by atoms with Gasteiger partial charge >= 0.3 is 10.1 Å². The van der Waals surface area contributed by atoms with Gasteiger partial charge in [-0.05, 0) is 29.7 Å². The van der Waals surface area contributed by atoms with Crippen LogP contribution in [0.5, 0.6) is 0 Å². The Balaban J connectivity index is 2.23. The summed E-state index contributed by atoms with van der Waals surface area (Å²) in [6.07, 6.45) is 6.36. The van der Waals surface area contributed by atoms with Crippen LogP contribution in [0, 0.1) is 11.3 Å². The van der Waals surface area contributed by atoms with E-state index < -0.39 is 10.1 Å². The molecule has 0 saturated heterocycles. The third-order valence-corrected chi connectivity index (χ3v) is 4.32. The first kappa shape index (κ1) is 17.3. The summed E-state index contributed by atoms with van der Waals surface area (Å²) in [5.41, 5.74) is 2.58. The number of nitriles is 1. The molecular formula is C16H16N2O3S2. The molecule has 0 radical (unpaired) electrons. The Bertz CT molecular complexity index is 814. The summed E-state index contributed by atoms with van der Waals surface area (Å²) in [5, 5.41) is 13.4. The lowest BCUT2D eigenvalue weighted by Crippen LogP contribution is -1.98. The van der Waals surface area contributed by atoms with Crippen molar-refractivity contribution in [3.05, 3.63) is 52.4 Å². The molecule has 5 nitrogen and oxygen atoms in total. The zero-order valence-corrected chi connectivity index (χ0v) is 14.4. The first-order chi connectivity index (χ1) is 10.9. The van der Waals surface area contributed by atoms with Crippen LogP contribution in [0.15, 0.2) is 46.5 Å². The van der Waals surface area contributed by atoms with Gasteiger partial charge in [-0.3, -0.25) is 4.28 Å². The maximum absolute atomic E-state index is 10.9. The Morgan fingerprint density at radius 3 is 2.57 bits per heavy atom. The smallest absolute Gasteiger partial charge is 0.268 e. The Labute approximate surface area is 140 Å². The largest absolute Gasteiger partial charge is 0.325 e. The average molecular weight is 348 g/mol. The van der Waals surface area contributed by atoms with Crippen LogP contribution in [0.25, 0.3) is 5.57 Å². The number of thioether (sulfide) groups is 1. The maximum atomic E-state index is 10.9. The fourth-order valence-corrected chi connectivity index (χ4v) is 3.10. The van der Waals surface area contributed by atoms with Gasteiger partial charge in [0, 0.05) is 4.91 Å². The summed E-state index contributed by atoms with van der Waals surface area (Å²) < 4.78 is 26.3. The van der Waals surface area contributed by atoms with Gasteiger partial charge in [0.1, 0.15) is 11.1 Å². The van der Waals surface area contributed by atoms with E-state index in [1.54, 1.807) is 12.2 Å². The highest BCUT2D eigenvalue weighted by atomic mass is 32.2. The van der Waals surface area contributed by atoms with Crippen molar-refractivity contribution in [3.63, 3.8) is 0 Å². The van der Waals surface area contributed by atoms with E-state index in [0.717, 1.165) is 24.7 Å². The minimum absolute atomic E-state index is 0.390. The number of hydrogen-bond donors (Lipinski definition) is 0. The Kier molecular flexibility index (Phi) is 5.64. The second-order valence-corrected chi connectivity index (χ2v) is 7.56. The van der Waals surface area contributed by atoms with Gasteiger partial charge in [-0.15, -0.1) is 0 Å². The quantitative estimate of drug-likeness (QED) is 0.601. The fourth-order valence-electron chi connectivity index (χ4n) is 2.00. The number of nitrogens with zero attached hydrogens (tertiary/aromatic N) is 2. The van der Waals surface area contributed by atoms with Crippen molar-refractivity contribution in [2.24, 2.45) is 5.16 Å². The molecule has 0 spiro atoms. The van der Waals surface area contributed by atoms with Crippen LogP contribution in [-0.2, 0) is 20.8 Å². The summed E-state index contributed by atoms with van der Waals surface area (Å²) in [5.74, 6) is 0. The molecule has 0 atom stereocenters. The number of benzene rings is 1. The molecule has 0 unspecified atom stereocenters. The van der Waals surface area contributed by atoms with Crippen molar-refractivity contribution in [1.82, 2.24) is 0 Å². The summed E-state index contributed by atoms with van der Waals surface area (Å²) in [4.78, 5) is 0.714. The molecule has 0 fully saturated rings. The molecule has 0 N–H and O–H groups in total. The van der Waals surface area contributed by atoms with Crippen LogP contribution in [-0.4, -0.2) is 19.7 Å². The molecule has 1 aromatic rings. The van der Waals surface area contributed by atoms with Crippen LogP contribution < -0.4 is 0 Å². The number of oxime groups is 1. The van der Waals surface area contributed by atoms with Gasteiger partial charge in [-0.1, -0.05) is 54.5 Å². The number of hydrogen-bond acceptors (Lipinski definition) is 6. The second kappa shape index (κ2) is 7.49. The van der Waals surface area contributed by atoms with E-state index in [1.165, 1.54) is 17.3 Å². The highest BCUT2D eigenvalue weighted by Crippen LogP contribution is 2.34. The Morgan fingerprint density at radius 2 is 2.00 bits per heavy atom. The van der Waals surface area contributed by atoms with E-state index in [9.17, 15) is 13.7 Å². The summed E-state index contributed by atoms with van der Waals surface area (Å²) >= 11 is 1.20. The topological polar surface area (TPSA) is 79.5 Å². The molecule has 1 aliphatic rings. The van der Waals surface area contributed by atoms with Gasteiger partial charge in [0.05, 0.1) is 11.8 Å². The van der Waals surface area contributed by atoms with Crippen LogP contribution in [0.2, 0.25) is 0 Å². The minimum atomic E-state index is -3.63. The number of aryl methyl sites for hydroxylation is 1. The SMILES string of the molecule is CCCc1ccc(C(C#N)=C2C=CC(=NOS(C)(=O)=O)S2)cc1. The Morgan fingerprint density at radius 1 is 1.30 bits per heavy atom. The van der Waals surface area contributed by atoms with E-state index in [1.807, 2.05) is 24.3 Å². The molecule has 120 valence electrons. The first-order valence-corrected chi connectivity index (χ1v) is 9.62. The molecule has 0 aromatic heterocycles. The van der Waals surface area contributed by atoms with Crippen LogP contribution in [0.3, 0.4) is 0 Å². The van der Waals surface area contributed by atoms with Gasteiger partial charge in [0.25, 0.3) is 0 Å². The average Bonchev–Trinajstić information content (AvgIpc) is 2.96. The normalized spacial score (nSPS) is 18.0. The molecule has 7 heteroatoms. The second-order valence-electron chi connectivity index (χ2n) is 4.94. The fraction of sp³-hybridized carbons (Fsp3) is 0.250. The molecule has 2 rings (SSSR count). The predicted octanol–water partition coefficient (Wildman–Crippen LogP) is 3.47. The molecule has 0 aliphatic carbocycles. The van der Waals surface area contributed by atoms with Crippen molar-refractivity contribution in [1.29, 1.82) is 5.26 Å². The van der Waals surface area contributed by atoms with Crippen molar-refractivity contribution in [3.8, 4) is 6.07 Å². The van der Waals surface area contributed by atoms with E-state index in [4.69, 9.17) is 0 Å². The van der Waals surface area contributed by atoms with E-state index in [0.29, 0.717) is 15.5 Å². The molecule has 1 aliphatic heterocycles. The van der Waals surface area contributed by atoms with Gasteiger partial charge < -0.3 is 0 Å². The molecule has 0 amide bonds. The monoisotopic (exact) mass is 348 g/mol. The first-order valence-electron chi connectivity index (χ1n) is 6.99. The molecule has 0 saturated carbocycles. The summed E-state index contributed by atoms with van der Waals surface area (Å²) in [6.45, 7) is 2.12. The van der Waals surface area contributed by atoms with Crippen molar-refractivity contribution >= 4 is 32.5 Å². The number of allylic oxidation sites excluding steroid dienone is 2. The van der Waals surface area contributed by atoms with Crippen molar-refractivity contribution < 1.29 is 12.7 Å². The molecule has 1 heterocycles. The van der Waals surface area contributed by atoms with Gasteiger partial charge in [-0.2, -0.15) is 13.7 Å². The van der Waals surface area contributed by atoms with Gasteiger partial charge in [0.15, 0.2) is 0 Å². The van der Waals surface area contributed by atoms with E-state index in [-0.39, 0.29) is 0 Å². The number of rotatable bonds is 5. The standard InChI is InChI=1S/C16H16N2O3S2/c1-3-4-12-5-7-13(8-6-12)14(11-17)15-9-10-16(22-15)18-21-23(2,19)20/h5-10H,3-4H2,1-2H3. The van der Waals surface area contributed by atoms with Crippen LogP contribution in [0.4, 0.5) is 0 Å². The third kappa shape index (κ3) is 4.98. The van der Waals surface area contributed by atoms with Crippen LogP contribution >= 0.6 is 11.8 Å². The highest BCUT2D eigenvalue weighted by molar-refractivity contribution is 8.18. The lowest BCUT2D eigenvalue weighted by molar-refractivity contribution is 0.345. The van der Waals surface area contributed by atoms with Crippen molar-refractivity contribution in [2.45, 2.75) is 19.8 Å². The lowest BCUT2D eigenvalue weighted by Gasteiger charge is -2.04. The van der Waals surface area contributed by atoms with Crippen LogP contribution in [0.1, 0.15) is 24.5 Å². The summed E-state index contributed by atoms with van der Waals surface area (Å²) in [6, 6.07) is 10.1. The molecule has 23 heavy (non-hydrogen) atoms. The molecule has 1 aromatic carbocycles. The zero-order valence-electron chi connectivity index (χ0n) is 12.8. The predicted molar refractivity (Wildman–Crippen MR) is 93.1 cm³/mol. The Hall–Kier alpha value is -2.04. The van der Waals surface area contributed by atoms with Crippen molar-refractivity contribution in [2.75, 3.05) is 6.26 Å². The third-order valence-electron chi connectivity index (χ3n) is 2.99. The maximum Gasteiger partial charge on any atom is 0.325 e. The zero-order chi connectivity index (χ0) is 16.9.